The van der Waals surface area contributed by atoms with Crippen LogP contribution in [0.2, 0.25) is 0 Å². The van der Waals surface area contributed by atoms with Gasteiger partial charge >= 0.3 is 0 Å². The number of hydrogen-bond donors (Lipinski definition) is 0. The Morgan fingerprint density at radius 1 is 0.419 bits per heavy atom. The highest BCUT2D eigenvalue weighted by Gasteiger charge is 2.46. The van der Waals surface area contributed by atoms with Gasteiger partial charge in [0.05, 0.1) is 22.1 Å². The maximum Gasteiger partial charge on any atom is 0.164 e. The van der Waals surface area contributed by atoms with Crippen molar-refractivity contribution < 1.29 is 0 Å². The summed E-state index contributed by atoms with van der Waals surface area (Å²) in [6.07, 6.45) is 8.91. The van der Waals surface area contributed by atoms with Crippen LogP contribution in [0.5, 0.6) is 0 Å². The van der Waals surface area contributed by atoms with Crippen LogP contribution in [0.15, 0.2) is 224 Å². The van der Waals surface area contributed by atoms with Crippen LogP contribution in [0.4, 0.5) is 0 Å². The Hall–Kier alpha value is -7.95. The normalized spacial score (nSPS) is 15.4. The summed E-state index contributed by atoms with van der Waals surface area (Å²) in [5.74, 6) is 1.89. The van der Waals surface area contributed by atoms with Crippen molar-refractivity contribution in [3.8, 4) is 62.1 Å². The number of nitrogens with zero attached hydrogens (tertiary/aromatic N) is 4. The predicted octanol–water partition coefficient (Wildman–Crippen LogP) is 14.2. The molecule has 12 rings (SSSR count). The Bertz CT molecular complexity index is 3300. The fourth-order valence-electron chi connectivity index (χ4n) is 10.0. The van der Waals surface area contributed by atoms with E-state index >= 15 is 0 Å². The minimum atomic E-state index is -0.448. The first-order chi connectivity index (χ1) is 30.7. The molecule has 0 N–H and O–H groups in total. The molecule has 1 aliphatic heterocycles. The SMILES string of the molecule is C1=CCCC(C2(c3ccccc3)c3ccccc3-n3c4ccc(-c5nc(-c6cccc(-c7ccccc7)c6)nc(-c6cccc(-c7ccccc7)c6)n5)cc4c4cccc2c43)=C1. The molecule has 1 aliphatic carbocycles. The third-order valence-electron chi connectivity index (χ3n) is 12.8. The average Bonchev–Trinajstić information content (AvgIpc) is 3.70. The summed E-state index contributed by atoms with van der Waals surface area (Å²) in [6, 6.07) is 71.7. The largest absolute Gasteiger partial charge is 0.309 e. The molecule has 3 heterocycles. The van der Waals surface area contributed by atoms with Gasteiger partial charge in [0.25, 0.3) is 0 Å². The monoisotopic (exact) mass is 792 g/mol. The fourth-order valence-corrected chi connectivity index (χ4v) is 10.0. The van der Waals surface area contributed by atoms with E-state index in [-0.39, 0.29) is 0 Å². The number of para-hydroxylation sites is 2. The van der Waals surface area contributed by atoms with Gasteiger partial charge in [0.2, 0.25) is 0 Å². The Labute approximate surface area is 360 Å². The van der Waals surface area contributed by atoms with E-state index in [1.165, 1.54) is 38.9 Å². The molecule has 10 aromatic rings. The lowest BCUT2D eigenvalue weighted by Gasteiger charge is -2.43. The molecule has 4 nitrogen and oxygen atoms in total. The molecule has 4 heteroatoms. The summed E-state index contributed by atoms with van der Waals surface area (Å²) in [5, 5.41) is 2.37. The molecule has 0 amide bonds. The highest BCUT2D eigenvalue weighted by Crippen LogP contribution is 2.55. The molecule has 8 aromatic carbocycles. The summed E-state index contributed by atoms with van der Waals surface area (Å²) < 4.78 is 2.49. The molecular weight excluding hydrogens is 753 g/mol. The van der Waals surface area contributed by atoms with Crippen LogP contribution >= 0.6 is 0 Å². The van der Waals surface area contributed by atoms with Gasteiger partial charge in [-0.1, -0.05) is 188 Å². The first-order valence-corrected chi connectivity index (χ1v) is 21.4. The number of allylic oxidation sites excluding steroid dienone is 4. The van der Waals surface area contributed by atoms with Crippen LogP contribution in [-0.4, -0.2) is 19.5 Å². The van der Waals surface area contributed by atoms with Crippen LogP contribution in [-0.2, 0) is 5.41 Å². The first-order valence-electron chi connectivity index (χ1n) is 21.4. The smallest absolute Gasteiger partial charge is 0.164 e. The van der Waals surface area contributed by atoms with Crippen LogP contribution in [0.1, 0.15) is 29.5 Å². The Kier molecular flexibility index (Phi) is 8.49. The molecule has 292 valence electrons. The van der Waals surface area contributed by atoms with E-state index in [1.807, 2.05) is 12.1 Å². The maximum absolute atomic E-state index is 5.28. The standard InChI is InChI=1S/C58H40N4/c1-5-18-39(19-6-1)41-22-15-24-43(36-41)55-59-56(44-25-16-23-42(37-44)40-20-7-2-8-21-40)61-57(60-55)45-34-35-52-49(38-45)48-30-17-32-51-54(48)62(52)53-33-14-13-31-50(53)58(51,46-26-9-3-10-27-46)47-28-11-4-12-29-47/h1-11,13-28,30-38H,12,29H2. The van der Waals surface area contributed by atoms with E-state index in [0.29, 0.717) is 17.5 Å². The van der Waals surface area contributed by atoms with Gasteiger partial charge < -0.3 is 4.57 Å². The van der Waals surface area contributed by atoms with Gasteiger partial charge in [-0.2, -0.15) is 0 Å². The minimum absolute atomic E-state index is 0.448. The number of benzene rings is 8. The molecule has 1 unspecified atom stereocenters. The zero-order valence-electron chi connectivity index (χ0n) is 34.0. The Balaban J connectivity index is 1.09. The molecule has 2 aliphatic rings. The lowest BCUT2D eigenvalue weighted by atomic mass is 9.61. The van der Waals surface area contributed by atoms with Crippen LogP contribution in [0, 0.1) is 0 Å². The number of aromatic nitrogens is 4. The summed E-state index contributed by atoms with van der Waals surface area (Å²) in [4.78, 5) is 15.7. The second-order valence-electron chi connectivity index (χ2n) is 16.3. The molecule has 0 saturated carbocycles. The zero-order chi connectivity index (χ0) is 41.0. The maximum atomic E-state index is 5.28. The summed E-state index contributed by atoms with van der Waals surface area (Å²) in [6.45, 7) is 0. The van der Waals surface area contributed by atoms with E-state index < -0.39 is 5.41 Å². The number of fused-ring (bicyclic) bond motifs is 5. The molecule has 0 spiro atoms. The topological polar surface area (TPSA) is 43.6 Å². The average molecular weight is 793 g/mol. The summed E-state index contributed by atoms with van der Waals surface area (Å²) in [7, 11) is 0. The van der Waals surface area contributed by atoms with Gasteiger partial charge in [-0.3, -0.25) is 0 Å². The van der Waals surface area contributed by atoms with E-state index in [4.69, 9.17) is 15.0 Å². The van der Waals surface area contributed by atoms with Crippen molar-refractivity contribution in [1.82, 2.24) is 19.5 Å². The number of rotatable bonds is 7. The molecule has 2 aromatic heterocycles. The molecule has 0 radical (unpaired) electrons. The molecule has 1 atom stereocenters. The predicted molar refractivity (Wildman–Crippen MR) is 254 cm³/mol. The lowest BCUT2D eigenvalue weighted by molar-refractivity contribution is 0.666. The molecule has 0 fully saturated rings. The van der Waals surface area contributed by atoms with Gasteiger partial charge in [0.1, 0.15) is 0 Å². The number of hydrogen-bond acceptors (Lipinski definition) is 3. The molecular formula is C58H40N4. The van der Waals surface area contributed by atoms with E-state index in [2.05, 4.69) is 211 Å². The second kappa shape index (κ2) is 14.6. The molecule has 62 heavy (non-hydrogen) atoms. The third kappa shape index (κ3) is 5.72. The van der Waals surface area contributed by atoms with E-state index in [1.54, 1.807) is 0 Å². The van der Waals surface area contributed by atoms with Gasteiger partial charge in [-0.25, -0.2) is 15.0 Å². The van der Waals surface area contributed by atoms with Crippen molar-refractivity contribution in [3.05, 3.63) is 241 Å². The molecule has 0 saturated heterocycles. The van der Waals surface area contributed by atoms with Crippen molar-refractivity contribution in [3.63, 3.8) is 0 Å². The first kappa shape index (κ1) is 35.9. The third-order valence-corrected chi connectivity index (χ3v) is 12.8. The summed E-state index contributed by atoms with van der Waals surface area (Å²) in [5.41, 5.74) is 15.8. The van der Waals surface area contributed by atoms with E-state index in [9.17, 15) is 0 Å². The van der Waals surface area contributed by atoms with Crippen LogP contribution in [0.25, 0.3) is 83.9 Å². The fraction of sp³-hybridized carbons (Fsp3) is 0.0517. The van der Waals surface area contributed by atoms with Crippen LogP contribution in [0.3, 0.4) is 0 Å². The van der Waals surface area contributed by atoms with Crippen molar-refractivity contribution in [2.24, 2.45) is 0 Å². The zero-order valence-corrected chi connectivity index (χ0v) is 34.0. The second-order valence-corrected chi connectivity index (χ2v) is 16.3. The summed E-state index contributed by atoms with van der Waals surface area (Å²) >= 11 is 0. The Morgan fingerprint density at radius 3 is 1.58 bits per heavy atom. The lowest BCUT2D eigenvalue weighted by Crippen LogP contribution is -2.36. The van der Waals surface area contributed by atoms with Gasteiger partial charge in [-0.15, -0.1) is 0 Å². The van der Waals surface area contributed by atoms with Crippen molar-refractivity contribution in [2.75, 3.05) is 0 Å². The van der Waals surface area contributed by atoms with Gasteiger partial charge in [-0.05, 0) is 88.2 Å². The van der Waals surface area contributed by atoms with E-state index in [0.717, 1.165) is 62.7 Å². The van der Waals surface area contributed by atoms with Crippen LogP contribution < -0.4 is 0 Å². The molecule has 0 bridgehead atoms. The van der Waals surface area contributed by atoms with Gasteiger partial charge in [0, 0.05) is 27.5 Å². The quantitative estimate of drug-likeness (QED) is 0.161. The van der Waals surface area contributed by atoms with Crippen molar-refractivity contribution in [2.45, 2.75) is 18.3 Å². The highest BCUT2D eigenvalue weighted by atomic mass is 15.0. The highest BCUT2D eigenvalue weighted by molar-refractivity contribution is 6.13. The minimum Gasteiger partial charge on any atom is -0.309 e. The van der Waals surface area contributed by atoms with Crippen molar-refractivity contribution >= 4 is 21.8 Å². The Morgan fingerprint density at radius 2 is 0.952 bits per heavy atom. The van der Waals surface area contributed by atoms with Crippen molar-refractivity contribution in [1.29, 1.82) is 0 Å². The van der Waals surface area contributed by atoms with Gasteiger partial charge in [0.15, 0.2) is 17.5 Å².